The molecule has 0 radical (unpaired) electrons. The van der Waals surface area contributed by atoms with Gasteiger partial charge < -0.3 is 9.30 Å². The Kier molecular flexibility index (Phi) is 3.38. The number of nitrogens with zero attached hydrogens (tertiary/aromatic N) is 2. The van der Waals surface area contributed by atoms with E-state index in [0.717, 1.165) is 0 Å². The molecule has 2 aromatic rings. The van der Waals surface area contributed by atoms with Crippen molar-refractivity contribution in [3.05, 3.63) is 42.0 Å². The number of Topliss-reactive ketones (excluding diaryl/α,β-unsaturated/α-hetero) is 1. The molecule has 4 nitrogen and oxygen atoms in total. The summed E-state index contributed by atoms with van der Waals surface area (Å²) in [6.45, 7) is 3.02. The fraction of sp³-hybridized carbons (Fsp3) is 0.286. The van der Waals surface area contributed by atoms with Gasteiger partial charge in [0.1, 0.15) is 5.82 Å². The maximum atomic E-state index is 13.8. The smallest absolute Gasteiger partial charge is 0.219 e. The van der Waals surface area contributed by atoms with Crippen LogP contribution in [0.3, 0.4) is 0 Å². The van der Waals surface area contributed by atoms with Crippen molar-refractivity contribution in [1.82, 2.24) is 9.30 Å². The van der Waals surface area contributed by atoms with Crippen LogP contribution >= 0.6 is 0 Å². The van der Waals surface area contributed by atoms with Gasteiger partial charge in [-0.1, -0.05) is 0 Å². The van der Waals surface area contributed by atoms with Crippen molar-refractivity contribution < 1.29 is 14.0 Å². The molecular weight excluding hydrogens is 247 g/mol. The summed E-state index contributed by atoms with van der Waals surface area (Å²) in [5.74, 6) is -0.927. The molecule has 0 bridgehead atoms. The number of carbonyl (C=O) groups is 2. The van der Waals surface area contributed by atoms with Gasteiger partial charge in [-0.25, -0.2) is 4.39 Å². The van der Waals surface area contributed by atoms with Crippen LogP contribution in [0.4, 0.5) is 4.39 Å². The van der Waals surface area contributed by atoms with Crippen LogP contribution in [0.15, 0.2) is 30.6 Å². The van der Waals surface area contributed by atoms with Gasteiger partial charge in [0.25, 0.3) is 0 Å². The van der Waals surface area contributed by atoms with Crippen LogP contribution in [0.1, 0.15) is 24.2 Å². The number of amides is 1. The molecule has 5 heteroatoms. The molecule has 1 atom stereocenters. The fourth-order valence-corrected chi connectivity index (χ4v) is 2.00. The van der Waals surface area contributed by atoms with Crippen molar-refractivity contribution in [3.63, 3.8) is 0 Å². The number of halogens is 1. The van der Waals surface area contributed by atoms with Gasteiger partial charge in [0, 0.05) is 31.9 Å². The monoisotopic (exact) mass is 262 g/mol. The van der Waals surface area contributed by atoms with Crippen LogP contribution < -0.4 is 0 Å². The number of ketones is 1. The van der Waals surface area contributed by atoms with Gasteiger partial charge in [-0.2, -0.15) is 0 Å². The summed E-state index contributed by atoms with van der Waals surface area (Å²) in [5.41, 5.74) is 0.537. The van der Waals surface area contributed by atoms with Gasteiger partial charge in [0.15, 0.2) is 5.78 Å². The molecule has 0 aliphatic rings. The molecule has 0 saturated carbocycles. The van der Waals surface area contributed by atoms with E-state index >= 15 is 0 Å². The zero-order valence-electron chi connectivity index (χ0n) is 11.1. The quantitative estimate of drug-likeness (QED) is 0.795. The maximum absolute atomic E-state index is 13.8. The van der Waals surface area contributed by atoms with E-state index in [1.807, 2.05) is 0 Å². The second kappa shape index (κ2) is 4.84. The standard InChI is InChI=1S/C14H15FN2O2/c1-9(16(3)10(2)18)14(19)11-6-8-17-7-4-5-12(15)13(11)17/h4-9H,1-3H3. The zero-order valence-corrected chi connectivity index (χ0v) is 11.1. The van der Waals surface area contributed by atoms with E-state index in [0.29, 0.717) is 5.56 Å². The maximum Gasteiger partial charge on any atom is 0.219 e. The SMILES string of the molecule is CC(=O)N(C)C(C)C(=O)c1ccn2cccc(F)c12. The molecule has 100 valence electrons. The minimum atomic E-state index is -0.622. The molecule has 0 spiro atoms. The topological polar surface area (TPSA) is 41.8 Å². The van der Waals surface area contributed by atoms with Crippen LogP contribution in [0.2, 0.25) is 0 Å². The van der Waals surface area contributed by atoms with Crippen molar-refractivity contribution in [2.24, 2.45) is 0 Å². The molecule has 0 aliphatic carbocycles. The Morgan fingerprint density at radius 1 is 1.32 bits per heavy atom. The molecule has 0 saturated heterocycles. The Balaban J connectivity index is 2.45. The third-order valence-electron chi connectivity index (χ3n) is 3.35. The molecule has 0 aromatic carbocycles. The van der Waals surface area contributed by atoms with E-state index in [4.69, 9.17) is 0 Å². The molecule has 0 fully saturated rings. The molecule has 2 heterocycles. The molecule has 19 heavy (non-hydrogen) atoms. The first-order chi connectivity index (χ1) is 8.93. The van der Waals surface area contributed by atoms with Crippen LogP contribution in [-0.2, 0) is 4.79 Å². The molecule has 1 amide bonds. The predicted molar refractivity (Wildman–Crippen MR) is 69.6 cm³/mol. The summed E-state index contributed by atoms with van der Waals surface area (Å²) in [6.07, 6.45) is 3.31. The number of pyridine rings is 1. The number of rotatable bonds is 3. The normalized spacial score (nSPS) is 12.4. The lowest BCUT2D eigenvalue weighted by atomic mass is 10.1. The lowest BCUT2D eigenvalue weighted by molar-refractivity contribution is -0.128. The van der Waals surface area contributed by atoms with Crippen molar-refractivity contribution in [2.75, 3.05) is 7.05 Å². The Labute approximate surface area is 110 Å². The number of aromatic nitrogens is 1. The Morgan fingerprint density at radius 3 is 2.63 bits per heavy atom. The van der Waals surface area contributed by atoms with Crippen molar-refractivity contribution in [1.29, 1.82) is 0 Å². The minimum Gasteiger partial charge on any atom is -0.336 e. The summed E-state index contributed by atoms with van der Waals surface area (Å²) >= 11 is 0. The van der Waals surface area contributed by atoms with Gasteiger partial charge in [0.05, 0.1) is 11.6 Å². The highest BCUT2D eigenvalue weighted by Gasteiger charge is 2.24. The van der Waals surface area contributed by atoms with Gasteiger partial charge in [-0.15, -0.1) is 0 Å². The molecule has 2 aromatic heterocycles. The Bertz CT molecular complexity index is 648. The third-order valence-corrected chi connectivity index (χ3v) is 3.35. The summed E-state index contributed by atoms with van der Waals surface area (Å²) in [4.78, 5) is 25.0. The average molecular weight is 262 g/mol. The predicted octanol–water partition coefficient (Wildman–Crippen LogP) is 2.13. The molecule has 2 rings (SSSR count). The first kappa shape index (κ1) is 13.3. The van der Waals surface area contributed by atoms with Gasteiger partial charge in [-0.3, -0.25) is 9.59 Å². The van der Waals surface area contributed by atoms with Gasteiger partial charge >= 0.3 is 0 Å². The Morgan fingerprint density at radius 2 is 2.00 bits per heavy atom. The van der Waals surface area contributed by atoms with Crippen LogP contribution in [0, 0.1) is 5.82 Å². The summed E-state index contributed by atoms with van der Waals surface area (Å²) in [5, 5.41) is 0. The van der Waals surface area contributed by atoms with E-state index < -0.39 is 11.9 Å². The number of hydrogen-bond donors (Lipinski definition) is 0. The highest BCUT2D eigenvalue weighted by Crippen LogP contribution is 2.19. The number of likely N-dealkylation sites (N-methyl/N-ethyl adjacent to an activating group) is 1. The average Bonchev–Trinajstić information content (AvgIpc) is 2.81. The second-order valence-electron chi connectivity index (χ2n) is 4.51. The van der Waals surface area contributed by atoms with E-state index in [-0.39, 0.29) is 17.2 Å². The first-order valence-corrected chi connectivity index (χ1v) is 5.96. The first-order valence-electron chi connectivity index (χ1n) is 5.96. The van der Waals surface area contributed by atoms with Crippen LogP contribution in [0.25, 0.3) is 5.52 Å². The van der Waals surface area contributed by atoms with Crippen molar-refractivity contribution >= 4 is 17.2 Å². The Hall–Kier alpha value is -2.17. The second-order valence-corrected chi connectivity index (χ2v) is 4.51. The van der Waals surface area contributed by atoms with E-state index in [1.54, 1.807) is 42.9 Å². The number of carbonyl (C=O) groups excluding carboxylic acids is 2. The minimum absolute atomic E-state index is 0.204. The summed E-state index contributed by atoms with van der Waals surface area (Å²) in [7, 11) is 1.56. The van der Waals surface area contributed by atoms with Gasteiger partial charge in [0.2, 0.25) is 5.91 Å². The van der Waals surface area contributed by atoms with Crippen molar-refractivity contribution in [3.8, 4) is 0 Å². The lowest BCUT2D eigenvalue weighted by Crippen LogP contribution is -2.39. The van der Waals surface area contributed by atoms with Gasteiger partial charge in [-0.05, 0) is 25.1 Å². The molecular formula is C14H15FN2O2. The third kappa shape index (κ3) is 2.23. The van der Waals surface area contributed by atoms with E-state index in [9.17, 15) is 14.0 Å². The largest absolute Gasteiger partial charge is 0.336 e. The molecule has 1 unspecified atom stereocenters. The zero-order chi connectivity index (χ0) is 14.2. The molecule has 0 N–H and O–H groups in total. The van der Waals surface area contributed by atoms with Crippen LogP contribution in [-0.4, -0.2) is 34.1 Å². The van der Waals surface area contributed by atoms with E-state index in [2.05, 4.69) is 0 Å². The summed E-state index contributed by atoms with van der Waals surface area (Å²) in [6, 6.07) is 3.83. The lowest BCUT2D eigenvalue weighted by Gasteiger charge is -2.22. The fourth-order valence-electron chi connectivity index (χ4n) is 2.00. The highest BCUT2D eigenvalue weighted by atomic mass is 19.1. The summed E-state index contributed by atoms with van der Waals surface area (Å²) < 4.78 is 15.4. The highest BCUT2D eigenvalue weighted by molar-refractivity contribution is 6.06. The van der Waals surface area contributed by atoms with E-state index in [1.165, 1.54) is 17.9 Å². The number of hydrogen-bond acceptors (Lipinski definition) is 2. The van der Waals surface area contributed by atoms with Crippen molar-refractivity contribution in [2.45, 2.75) is 19.9 Å². The molecule has 0 aliphatic heterocycles. The van der Waals surface area contributed by atoms with Crippen LogP contribution in [0.5, 0.6) is 0 Å². The number of fused-ring (bicyclic) bond motifs is 1.